The molecule has 3 N–H and O–H groups in total. The molecule has 0 aliphatic heterocycles. The van der Waals surface area contributed by atoms with Gasteiger partial charge in [0.2, 0.25) is 5.16 Å². The SMILES string of the molecule is Cc1cc(OCc2nc(SCC(=O)c3c(N)n(C)c(=O)n(C)c3=O)n[nH]2)ccc1Cl. The highest BCUT2D eigenvalue weighted by Crippen LogP contribution is 2.22. The number of H-pyrrole nitrogens is 1. The van der Waals surface area contributed by atoms with Crippen LogP contribution in [0.1, 0.15) is 21.7 Å². The fourth-order valence-electron chi connectivity index (χ4n) is 2.59. The molecule has 1 aromatic carbocycles. The molecular formula is C18H19ClN6O4S. The molecule has 0 bridgehead atoms. The van der Waals surface area contributed by atoms with Gasteiger partial charge in [0.1, 0.15) is 23.7 Å². The van der Waals surface area contributed by atoms with Crippen LogP contribution in [-0.2, 0) is 20.7 Å². The third-order valence-electron chi connectivity index (χ3n) is 4.34. The van der Waals surface area contributed by atoms with Crippen LogP contribution >= 0.6 is 23.4 Å². The number of hydrogen-bond donors (Lipinski definition) is 2. The topological polar surface area (TPSA) is 138 Å². The largest absolute Gasteiger partial charge is 0.486 e. The number of aromatic amines is 1. The summed E-state index contributed by atoms with van der Waals surface area (Å²) < 4.78 is 7.54. The number of nitrogens with one attached hydrogen (secondary N) is 1. The summed E-state index contributed by atoms with van der Waals surface area (Å²) in [5, 5.41) is 7.72. The Bertz CT molecular complexity index is 1230. The number of halogens is 1. The number of nitrogens with two attached hydrogens (primary N) is 1. The molecule has 158 valence electrons. The highest BCUT2D eigenvalue weighted by Gasteiger charge is 2.21. The quantitative estimate of drug-likeness (QED) is 0.405. The molecule has 3 aromatic rings. The van der Waals surface area contributed by atoms with Crippen LogP contribution in [0.3, 0.4) is 0 Å². The number of nitrogens with zero attached hydrogens (tertiary/aromatic N) is 4. The smallest absolute Gasteiger partial charge is 0.332 e. The molecule has 0 aliphatic rings. The Morgan fingerprint density at radius 2 is 2.03 bits per heavy atom. The molecule has 0 radical (unpaired) electrons. The number of ketones is 1. The van der Waals surface area contributed by atoms with Crippen molar-refractivity contribution in [2.75, 3.05) is 11.5 Å². The van der Waals surface area contributed by atoms with Crippen molar-refractivity contribution < 1.29 is 9.53 Å². The molecule has 12 heteroatoms. The van der Waals surface area contributed by atoms with Crippen LogP contribution in [0, 0.1) is 6.92 Å². The molecule has 30 heavy (non-hydrogen) atoms. The molecule has 0 saturated carbocycles. The summed E-state index contributed by atoms with van der Waals surface area (Å²) in [6.07, 6.45) is 0. The summed E-state index contributed by atoms with van der Waals surface area (Å²) in [4.78, 5) is 40.9. The van der Waals surface area contributed by atoms with Gasteiger partial charge >= 0.3 is 5.69 Å². The number of thioether (sulfide) groups is 1. The number of Topliss-reactive ketones (excluding diaryl/α,β-unsaturated/α-hetero) is 1. The summed E-state index contributed by atoms with van der Waals surface area (Å²) >= 11 is 7.03. The Morgan fingerprint density at radius 3 is 2.73 bits per heavy atom. The van der Waals surface area contributed by atoms with Crippen LogP contribution in [-0.4, -0.2) is 35.9 Å². The number of nitrogen functional groups attached to an aromatic ring is 1. The molecule has 0 spiro atoms. The zero-order valence-corrected chi connectivity index (χ0v) is 18.0. The maximum Gasteiger partial charge on any atom is 0.332 e. The third-order valence-corrected chi connectivity index (χ3v) is 5.61. The number of aromatic nitrogens is 5. The minimum Gasteiger partial charge on any atom is -0.486 e. The Hall–Kier alpha value is -3.05. The number of anilines is 1. The predicted octanol–water partition coefficient (Wildman–Crippen LogP) is 1.30. The average Bonchev–Trinajstić information content (AvgIpc) is 3.18. The number of carbonyl (C=O) groups is 1. The first-order chi connectivity index (χ1) is 14.2. The van der Waals surface area contributed by atoms with Crippen molar-refractivity contribution in [2.24, 2.45) is 14.1 Å². The second kappa shape index (κ2) is 8.76. The molecule has 0 amide bonds. The molecule has 2 aromatic heterocycles. The maximum atomic E-state index is 12.5. The van der Waals surface area contributed by atoms with Crippen molar-refractivity contribution in [3.05, 3.63) is 61.0 Å². The van der Waals surface area contributed by atoms with Gasteiger partial charge in [0.15, 0.2) is 11.6 Å². The lowest BCUT2D eigenvalue weighted by Gasteiger charge is -2.10. The Balaban J connectivity index is 1.64. The van der Waals surface area contributed by atoms with E-state index in [1.807, 2.05) is 13.0 Å². The summed E-state index contributed by atoms with van der Waals surface area (Å²) in [6, 6.07) is 5.30. The normalized spacial score (nSPS) is 10.9. The van der Waals surface area contributed by atoms with E-state index < -0.39 is 17.0 Å². The first-order valence-corrected chi connectivity index (χ1v) is 10.1. The van der Waals surface area contributed by atoms with Gasteiger partial charge in [-0.2, -0.15) is 0 Å². The Kier molecular flexibility index (Phi) is 6.32. The standard InChI is InChI=1S/C18H19ClN6O4S/c1-9-6-10(4-5-11(9)19)29-7-13-21-17(23-22-13)30-8-12(26)14-15(20)24(2)18(28)25(3)16(14)27/h4-6H,7-8,20H2,1-3H3,(H,21,22,23). The van der Waals surface area contributed by atoms with Crippen LogP contribution in [0.4, 0.5) is 5.82 Å². The van der Waals surface area contributed by atoms with Gasteiger partial charge in [-0.3, -0.25) is 23.8 Å². The molecule has 0 fully saturated rings. The summed E-state index contributed by atoms with van der Waals surface area (Å²) in [5.41, 5.74) is 5.13. The molecule has 10 nitrogen and oxygen atoms in total. The van der Waals surface area contributed by atoms with E-state index in [9.17, 15) is 14.4 Å². The lowest BCUT2D eigenvalue weighted by Crippen LogP contribution is -2.41. The van der Waals surface area contributed by atoms with Crippen molar-refractivity contribution in [3.63, 3.8) is 0 Å². The number of ether oxygens (including phenoxy) is 1. The van der Waals surface area contributed by atoms with Gasteiger partial charge in [0, 0.05) is 19.1 Å². The van der Waals surface area contributed by atoms with Crippen LogP contribution in [0.5, 0.6) is 5.75 Å². The van der Waals surface area contributed by atoms with Gasteiger partial charge in [0.05, 0.1) is 5.75 Å². The van der Waals surface area contributed by atoms with Crippen LogP contribution in [0.15, 0.2) is 32.9 Å². The zero-order chi connectivity index (χ0) is 22.0. The van der Waals surface area contributed by atoms with Crippen LogP contribution < -0.4 is 21.7 Å². The Labute approximate surface area is 180 Å². The van der Waals surface area contributed by atoms with E-state index in [-0.39, 0.29) is 23.7 Å². The van der Waals surface area contributed by atoms with E-state index in [1.54, 1.807) is 12.1 Å². The monoisotopic (exact) mass is 450 g/mol. The van der Waals surface area contributed by atoms with Crippen molar-refractivity contribution in [2.45, 2.75) is 18.7 Å². The number of rotatable bonds is 7. The van der Waals surface area contributed by atoms with Gasteiger partial charge in [0.25, 0.3) is 5.56 Å². The number of hydrogen-bond acceptors (Lipinski definition) is 8. The van der Waals surface area contributed by atoms with E-state index in [1.165, 1.54) is 14.1 Å². The predicted molar refractivity (Wildman–Crippen MR) is 113 cm³/mol. The minimum atomic E-state index is -0.733. The van der Waals surface area contributed by atoms with Crippen LogP contribution in [0.2, 0.25) is 5.02 Å². The third kappa shape index (κ3) is 4.41. The van der Waals surface area contributed by atoms with Gasteiger partial charge in [-0.1, -0.05) is 23.4 Å². The zero-order valence-electron chi connectivity index (χ0n) is 16.4. The molecule has 2 heterocycles. The molecular weight excluding hydrogens is 432 g/mol. The fourth-order valence-corrected chi connectivity index (χ4v) is 3.40. The van der Waals surface area contributed by atoms with Gasteiger partial charge in [-0.25, -0.2) is 9.78 Å². The number of carbonyl (C=O) groups excluding carboxylic acids is 1. The van der Waals surface area contributed by atoms with Crippen molar-refractivity contribution >= 4 is 35.0 Å². The summed E-state index contributed by atoms with van der Waals surface area (Å²) in [7, 11) is 2.68. The second-order valence-electron chi connectivity index (χ2n) is 6.44. The minimum absolute atomic E-state index is 0.119. The van der Waals surface area contributed by atoms with Gasteiger partial charge < -0.3 is 10.5 Å². The van der Waals surface area contributed by atoms with E-state index in [4.69, 9.17) is 22.1 Å². The van der Waals surface area contributed by atoms with E-state index in [0.29, 0.717) is 21.8 Å². The molecule has 0 aliphatic carbocycles. The average molecular weight is 451 g/mol. The molecule has 0 saturated heterocycles. The van der Waals surface area contributed by atoms with Crippen molar-refractivity contribution in [3.8, 4) is 5.75 Å². The lowest BCUT2D eigenvalue weighted by molar-refractivity contribution is 0.102. The first kappa shape index (κ1) is 21.7. The molecule has 3 rings (SSSR count). The van der Waals surface area contributed by atoms with E-state index >= 15 is 0 Å². The van der Waals surface area contributed by atoms with E-state index in [2.05, 4.69) is 15.2 Å². The highest BCUT2D eigenvalue weighted by molar-refractivity contribution is 7.99. The van der Waals surface area contributed by atoms with Crippen LogP contribution in [0.25, 0.3) is 0 Å². The lowest BCUT2D eigenvalue weighted by atomic mass is 10.2. The van der Waals surface area contributed by atoms with Gasteiger partial charge in [-0.15, -0.1) is 5.10 Å². The second-order valence-corrected chi connectivity index (χ2v) is 7.79. The number of benzene rings is 1. The summed E-state index contributed by atoms with van der Waals surface area (Å²) in [5.74, 6) is 0.296. The first-order valence-electron chi connectivity index (χ1n) is 8.70. The van der Waals surface area contributed by atoms with Crippen molar-refractivity contribution in [1.82, 2.24) is 24.3 Å². The van der Waals surface area contributed by atoms with Gasteiger partial charge in [-0.05, 0) is 30.7 Å². The summed E-state index contributed by atoms with van der Waals surface area (Å²) in [6.45, 7) is 2.02. The van der Waals surface area contributed by atoms with Crippen molar-refractivity contribution in [1.29, 1.82) is 0 Å². The van der Waals surface area contributed by atoms with E-state index in [0.717, 1.165) is 26.5 Å². The maximum absolute atomic E-state index is 12.5. The number of aryl methyl sites for hydroxylation is 1. The molecule has 0 atom stereocenters. The molecule has 0 unspecified atom stereocenters. The Morgan fingerprint density at radius 1 is 1.30 bits per heavy atom. The fraction of sp³-hybridized carbons (Fsp3) is 0.278. The highest BCUT2D eigenvalue weighted by atomic mass is 35.5.